The number of nitro groups is 1. The van der Waals surface area contributed by atoms with Crippen LogP contribution in [0, 0.1) is 10.1 Å². The SMILES string of the molecule is CCNC(=O)CNc1cc(OC)ccc1[N+](=O)[O-]. The largest absolute Gasteiger partial charge is 0.497 e. The Hall–Kier alpha value is -2.31. The van der Waals surface area contributed by atoms with Gasteiger partial charge in [0.1, 0.15) is 11.4 Å². The van der Waals surface area contributed by atoms with Crippen molar-refractivity contribution in [3.8, 4) is 5.75 Å². The number of anilines is 1. The number of likely N-dealkylation sites (N-methyl/N-ethyl adjacent to an activating group) is 1. The first-order chi connectivity index (χ1) is 8.58. The molecule has 2 N–H and O–H groups in total. The van der Waals surface area contributed by atoms with Gasteiger partial charge < -0.3 is 15.4 Å². The molecule has 98 valence electrons. The summed E-state index contributed by atoms with van der Waals surface area (Å²) in [6.07, 6.45) is 0. The van der Waals surface area contributed by atoms with Gasteiger partial charge in [0.05, 0.1) is 18.6 Å². The van der Waals surface area contributed by atoms with E-state index in [0.29, 0.717) is 12.3 Å². The zero-order valence-electron chi connectivity index (χ0n) is 10.2. The Labute approximate surface area is 104 Å². The molecule has 1 rings (SSSR count). The molecule has 0 bridgehead atoms. The van der Waals surface area contributed by atoms with Gasteiger partial charge in [-0.1, -0.05) is 0 Å². The molecule has 0 spiro atoms. The van der Waals surface area contributed by atoms with Gasteiger partial charge in [-0.3, -0.25) is 14.9 Å². The second kappa shape index (κ2) is 6.43. The number of benzene rings is 1. The topological polar surface area (TPSA) is 93.5 Å². The summed E-state index contributed by atoms with van der Waals surface area (Å²) in [6, 6.07) is 4.31. The molecule has 7 heteroatoms. The summed E-state index contributed by atoms with van der Waals surface area (Å²) in [6.45, 7) is 2.29. The van der Waals surface area contributed by atoms with E-state index < -0.39 is 4.92 Å². The van der Waals surface area contributed by atoms with Crippen molar-refractivity contribution in [2.45, 2.75) is 6.92 Å². The predicted molar refractivity (Wildman–Crippen MR) is 66.8 cm³/mol. The van der Waals surface area contributed by atoms with Gasteiger partial charge in [0, 0.05) is 18.7 Å². The monoisotopic (exact) mass is 253 g/mol. The Balaban J connectivity index is 2.84. The fourth-order valence-corrected chi connectivity index (χ4v) is 1.38. The van der Waals surface area contributed by atoms with Crippen LogP contribution in [0.5, 0.6) is 5.75 Å². The van der Waals surface area contributed by atoms with Crippen LogP contribution in [-0.4, -0.2) is 31.0 Å². The van der Waals surface area contributed by atoms with Gasteiger partial charge in [-0.25, -0.2) is 0 Å². The molecule has 0 aliphatic rings. The first-order valence-electron chi connectivity index (χ1n) is 5.41. The van der Waals surface area contributed by atoms with Gasteiger partial charge in [0.2, 0.25) is 5.91 Å². The van der Waals surface area contributed by atoms with Crippen molar-refractivity contribution in [2.75, 3.05) is 25.5 Å². The lowest BCUT2D eigenvalue weighted by Gasteiger charge is -2.08. The van der Waals surface area contributed by atoms with Crippen LogP contribution < -0.4 is 15.4 Å². The molecule has 18 heavy (non-hydrogen) atoms. The maximum atomic E-state index is 11.3. The number of hydrogen-bond acceptors (Lipinski definition) is 5. The maximum Gasteiger partial charge on any atom is 0.292 e. The van der Waals surface area contributed by atoms with Gasteiger partial charge in [-0.15, -0.1) is 0 Å². The van der Waals surface area contributed by atoms with E-state index in [1.165, 1.54) is 25.3 Å². The normalized spacial score (nSPS) is 9.67. The quantitative estimate of drug-likeness (QED) is 0.586. The number of hydrogen-bond donors (Lipinski definition) is 2. The number of carbonyl (C=O) groups is 1. The van der Waals surface area contributed by atoms with Gasteiger partial charge >= 0.3 is 0 Å². The molecule has 1 aromatic carbocycles. The smallest absolute Gasteiger partial charge is 0.292 e. The zero-order valence-corrected chi connectivity index (χ0v) is 10.2. The minimum absolute atomic E-state index is 0.0259. The van der Waals surface area contributed by atoms with Crippen LogP contribution in [0.25, 0.3) is 0 Å². The zero-order chi connectivity index (χ0) is 13.5. The molecule has 0 unspecified atom stereocenters. The van der Waals surface area contributed by atoms with E-state index in [-0.39, 0.29) is 23.8 Å². The van der Waals surface area contributed by atoms with Crippen molar-refractivity contribution in [2.24, 2.45) is 0 Å². The first kappa shape index (κ1) is 13.8. The Morgan fingerprint density at radius 2 is 2.22 bits per heavy atom. The standard InChI is InChI=1S/C11H15N3O4/c1-3-12-11(15)7-13-9-6-8(18-2)4-5-10(9)14(16)17/h4-6,13H,3,7H2,1-2H3,(H,12,15). The van der Waals surface area contributed by atoms with Crippen molar-refractivity contribution < 1.29 is 14.5 Å². The van der Waals surface area contributed by atoms with Gasteiger partial charge in [-0.2, -0.15) is 0 Å². The summed E-state index contributed by atoms with van der Waals surface area (Å²) in [5.74, 6) is 0.258. The van der Waals surface area contributed by atoms with E-state index in [9.17, 15) is 14.9 Å². The fraction of sp³-hybridized carbons (Fsp3) is 0.364. The van der Waals surface area contributed by atoms with Crippen LogP contribution >= 0.6 is 0 Å². The molecule has 7 nitrogen and oxygen atoms in total. The Kier molecular flexibility index (Phi) is 4.91. The van der Waals surface area contributed by atoms with Crippen molar-refractivity contribution in [3.63, 3.8) is 0 Å². The molecule has 0 fully saturated rings. The first-order valence-corrected chi connectivity index (χ1v) is 5.41. The average molecular weight is 253 g/mol. The van der Waals surface area contributed by atoms with E-state index in [1.54, 1.807) is 6.92 Å². The molecule has 0 heterocycles. The average Bonchev–Trinajstić information content (AvgIpc) is 2.36. The molecule has 0 atom stereocenters. The minimum atomic E-state index is -0.514. The molecule has 0 aromatic heterocycles. The van der Waals surface area contributed by atoms with Crippen LogP contribution in [0.4, 0.5) is 11.4 Å². The summed E-state index contributed by atoms with van der Waals surface area (Å²) in [4.78, 5) is 21.6. The lowest BCUT2D eigenvalue weighted by Crippen LogP contribution is -2.29. The highest BCUT2D eigenvalue weighted by atomic mass is 16.6. The van der Waals surface area contributed by atoms with E-state index >= 15 is 0 Å². The summed E-state index contributed by atoms with van der Waals surface area (Å²) in [5.41, 5.74) is 0.158. The summed E-state index contributed by atoms with van der Waals surface area (Å²) >= 11 is 0. The van der Waals surface area contributed by atoms with E-state index in [1.807, 2.05) is 0 Å². The molecule has 0 radical (unpaired) electrons. The van der Waals surface area contributed by atoms with Crippen LogP contribution in [0.2, 0.25) is 0 Å². The minimum Gasteiger partial charge on any atom is -0.497 e. The number of nitrogens with zero attached hydrogens (tertiary/aromatic N) is 1. The van der Waals surface area contributed by atoms with Crippen molar-refractivity contribution in [1.29, 1.82) is 0 Å². The Bertz CT molecular complexity index is 448. The molecule has 1 aromatic rings. The molecule has 1 amide bonds. The highest BCUT2D eigenvalue weighted by Gasteiger charge is 2.15. The van der Waals surface area contributed by atoms with Crippen LogP contribution in [0.3, 0.4) is 0 Å². The van der Waals surface area contributed by atoms with Gasteiger partial charge in [0.15, 0.2) is 0 Å². The highest BCUT2D eigenvalue weighted by Crippen LogP contribution is 2.28. The molecular weight excluding hydrogens is 238 g/mol. The number of methoxy groups -OCH3 is 1. The van der Waals surface area contributed by atoms with E-state index in [2.05, 4.69) is 10.6 Å². The van der Waals surface area contributed by atoms with Crippen molar-refractivity contribution in [1.82, 2.24) is 5.32 Å². The second-order valence-corrected chi connectivity index (χ2v) is 3.45. The second-order valence-electron chi connectivity index (χ2n) is 3.45. The molecule has 0 saturated carbocycles. The van der Waals surface area contributed by atoms with Crippen LogP contribution in [-0.2, 0) is 4.79 Å². The fourth-order valence-electron chi connectivity index (χ4n) is 1.38. The number of nitro benzene ring substituents is 1. The Morgan fingerprint density at radius 3 is 2.78 bits per heavy atom. The highest BCUT2D eigenvalue weighted by molar-refractivity contribution is 5.81. The van der Waals surface area contributed by atoms with E-state index in [0.717, 1.165) is 0 Å². The number of carbonyl (C=O) groups excluding carboxylic acids is 1. The van der Waals surface area contributed by atoms with Crippen LogP contribution in [0.1, 0.15) is 6.92 Å². The summed E-state index contributed by atoms with van der Waals surface area (Å²) < 4.78 is 4.98. The third kappa shape index (κ3) is 3.62. The number of nitrogens with one attached hydrogen (secondary N) is 2. The lowest BCUT2D eigenvalue weighted by molar-refractivity contribution is -0.384. The summed E-state index contributed by atoms with van der Waals surface area (Å²) in [7, 11) is 1.47. The molecule has 0 saturated heterocycles. The molecule has 0 aliphatic heterocycles. The number of amides is 1. The van der Waals surface area contributed by atoms with Crippen LogP contribution in [0.15, 0.2) is 18.2 Å². The number of rotatable bonds is 6. The lowest BCUT2D eigenvalue weighted by atomic mass is 10.2. The van der Waals surface area contributed by atoms with Gasteiger partial charge in [0.25, 0.3) is 5.69 Å². The van der Waals surface area contributed by atoms with Crippen molar-refractivity contribution in [3.05, 3.63) is 28.3 Å². The predicted octanol–water partition coefficient (Wildman–Crippen LogP) is 1.15. The van der Waals surface area contributed by atoms with E-state index in [4.69, 9.17) is 4.74 Å². The molecule has 0 aliphatic carbocycles. The maximum absolute atomic E-state index is 11.3. The number of ether oxygens (including phenoxy) is 1. The summed E-state index contributed by atoms with van der Waals surface area (Å²) in [5, 5.41) is 16.1. The molecular formula is C11H15N3O4. The van der Waals surface area contributed by atoms with Gasteiger partial charge in [-0.05, 0) is 13.0 Å². The third-order valence-electron chi connectivity index (χ3n) is 2.21. The third-order valence-corrected chi connectivity index (χ3v) is 2.21. The van der Waals surface area contributed by atoms with Crippen molar-refractivity contribution >= 4 is 17.3 Å². The Morgan fingerprint density at radius 1 is 1.50 bits per heavy atom.